The lowest BCUT2D eigenvalue weighted by atomic mass is 9.85. The topological polar surface area (TPSA) is 119 Å². The highest BCUT2D eigenvalue weighted by atomic mass is 19.4. The summed E-state index contributed by atoms with van der Waals surface area (Å²) in [6, 6.07) is 44.2. The highest BCUT2D eigenvalue weighted by molar-refractivity contribution is 6.04. The first-order chi connectivity index (χ1) is 27.0. The van der Waals surface area contributed by atoms with Gasteiger partial charge in [0.2, 0.25) is 0 Å². The maximum Gasteiger partial charge on any atom is 0.490 e. The Kier molecular flexibility index (Phi) is 15.2. The summed E-state index contributed by atoms with van der Waals surface area (Å²) < 4.78 is 48.4. The average Bonchev–Trinajstić information content (AvgIpc) is 3.22. The molecule has 0 spiro atoms. The number of benzene rings is 5. The number of hydrogen-bond donors (Lipinski definition) is 2. The van der Waals surface area contributed by atoms with Gasteiger partial charge < -0.3 is 25.1 Å². The minimum atomic E-state index is -5.08. The van der Waals surface area contributed by atoms with Gasteiger partial charge in [-0.2, -0.15) is 13.2 Å². The quantitative estimate of drug-likeness (QED) is 0.0404. The fourth-order valence-electron chi connectivity index (χ4n) is 5.43. The zero-order chi connectivity index (χ0) is 40.5. The van der Waals surface area contributed by atoms with Crippen LogP contribution >= 0.6 is 0 Å². The third kappa shape index (κ3) is 11.5. The Labute approximate surface area is 323 Å². The summed E-state index contributed by atoms with van der Waals surface area (Å²) in [7, 11) is 3.32. The van der Waals surface area contributed by atoms with Crippen molar-refractivity contribution in [2.75, 3.05) is 27.4 Å². The van der Waals surface area contributed by atoms with Gasteiger partial charge >= 0.3 is 12.1 Å². The summed E-state index contributed by atoms with van der Waals surface area (Å²) in [5.41, 5.74) is 13.9. The van der Waals surface area contributed by atoms with Crippen molar-refractivity contribution in [2.24, 2.45) is 5.73 Å². The molecule has 0 saturated carbocycles. The van der Waals surface area contributed by atoms with Crippen molar-refractivity contribution in [3.8, 4) is 23.3 Å². The molecule has 0 aliphatic rings. The second-order valence-electron chi connectivity index (χ2n) is 11.8. The summed E-state index contributed by atoms with van der Waals surface area (Å²) >= 11 is 0. The third-order valence-corrected chi connectivity index (χ3v) is 8.21. The number of nitrogens with zero attached hydrogens (tertiary/aromatic N) is 2. The van der Waals surface area contributed by atoms with Crippen LogP contribution in [0, 0.1) is 17.9 Å². The lowest BCUT2D eigenvalue weighted by molar-refractivity contribution is -0.192. The van der Waals surface area contributed by atoms with Gasteiger partial charge in [-0.3, -0.25) is 0 Å². The Hall–Kier alpha value is -7.08. The molecule has 0 aliphatic heterocycles. The summed E-state index contributed by atoms with van der Waals surface area (Å²) in [5.74, 6) is -0.444. The number of carbonyl (C=O) groups is 1. The molecule has 5 aromatic rings. The van der Waals surface area contributed by atoms with E-state index in [1.54, 1.807) is 14.2 Å². The predicted octanol–water partition coefficient (Wildman–Crippen LogP) is 9.94. The second-order valence-corrected chi connectivity index (χ2v) is 11.8. The lowest BCUT2D eigenvalue weighted by Crippen LogP contribution is -2.21. The van der Waals surface area contributed by atoms with Gasteiger partial charge in [0.05, 0.1) is 33.5 Å². The molecular formula is C45H38F3N3O5. The van der Waals surface area contributed by atoms with E-state index in [0.29, 0.717) is 18.7 Å². The molecule has 8 nitrogen and oxygen atoms in total. The summed E-state index contributed by atoms with van der Waals surface area (Å²) in [6.45, 7) is 8.86. The number of hydrogen-bond acceptors (Lipinski definition) is 6. The molecule has 0 fully saturated rings. The Balaban J connectivity index is 0.000000908. The number of carboxylic acid groups (broad SMARTS) is 1. The molecule has 0 aliphatic carbocycles. The number of carboxylic acids is 1. The molecule has 3 N–H and O–H groups in total. The van der Waals surface area contributed by atoms with Crippen molar-refractivity contribution in [2.45, 2.75) is 12.6 Å². The van der Waals surface area contributed by atoms with E-state index in [2.05, 4.69) is 47.3 Å². The SMILES string of the molecule is O=C(O)C(F)(F)F.[C-]#[N+]/C(C#N)=C(/C=C/c1ccc(OCCCN)cc1)c1ccc(C(=C(c2ccc(OC)cc2)c2ccc(OC)cc2)c2ccccc2)cc1. The molecule has 5 rings (SSSR count). The molecule has 56 heavy (non-hydrogen) atoms. The van der Waals surface area contributed by atoms with Gasteiger partial charge in [-0.05, 0) is 99.5 Å². The first-order valence-electron chi connectivity index (χ1n) is 17.1. The highest BCUT2D eigenvalue weighted by Crippen LogP contribution is 2.38. The Bertz CT molecular complexity index is 2170. The van der Waals surface area contributed by atoms with Crippen molar-refractivity contribution in [3.63, 3.8) is 0 Å². The van der Waals surface area contributed by atoms with E-state index in [1.165, 1.54) is 0 Å². The molecule has 0 aromatic heterocycles. The van der Waals surface area contributed by atoms with Crippen LogP contribution in [0.5, 0.6) is 17.2 Å². The number of methoxy groups -OCH3 is 2. The van der Waals surface area contributed by atoms with E-state index in [0.717, 1.165) is 68.2 Å². The molecule has 284 valence electrons. The van der Waals surface area contributed by atoms with Crippen molar-refractivity contribution < 1.29 is 37.3 Å². The molecule has 0 radical (unpaired) electrons. The number of ether oxygens (including phenoxy) is 3. The standard InChI is InChI=1S/C43H37N3O3.C2HF3O2/c1-46-41(30-45)40(27-12-31-10-21-39(22-11-31)49-29-7-28-44)32-13-15-34(16-14-32)42(33-8-5-4-6-9-33)43(35-17-23-37(47-2)24-18-35)36-19-25-38(48-3)26-20-36;3-2(4,5)1(6)7/h4-6,8-27H,7,28-29,44H2,2-3H3;(H,6,7)/b27-12+,41-40-;. The molecule has 0 amide bonds. The first kappa shape index (κ1) is 41.7. The Morgan fingerprint density at radius 1 is 0.750 bits per heavy atom. The van der Waals surface area contributed by atoms with Gasteiger partial charge in [-0.1, -0.05) is 103 Å². The number of allylic oxidation sites excluding steroid dienone is 3. The number of rotatable bonds is 13. The number of halogens is 3. The average molecular weight is 758 g/mol. The van der Waals surface area contributed by atoms with Crippen LogP contribution in [-0.4, -0.2) is 44.6 Å². The van der Waals surface area contributed by atoms with Crippen LogP contribution in [0.2, 0.25) is 0 Å². The largest absolute Gasteiger partial charge is 0.497 e. The molecule has 0 unspecified atom stereocenters. The van der Waals surface area contributed by atoms with E-state index in [4.69, 9.17) is 36.4 Å². The van der Waals surface area contributed by atoms with Crippen molar-refractivity contribution >= 4 is 28.8 Å². The zero-order valence-corrected chi connectivity index (χ0v) is 30.6. The number of nitriles is 1. The fraction of sp³-hybridized carbons (Fsp3) is 0.133. The summed E-state index contributed by atoms with van der Waals surface area (Å²) in [6.07, 6.45) is -0.574. The fourth-order valence-corrected chi connectivity index (χ4v) is 5.43. The molecule has 0 saturated heterocycles. The number of alkyl halides is 3. The monoisotopic (exact) mass is 757 g/mol. The lowest BCUT2D eigenvalue weighted by Gasteiger charge is -2.19. The van der Waals surface area contributed by atoms with E-state index >= 15 is 0 Å². The number of aliphatic carboxylic acids is 1. The molecule has 0 heterocycles. The van der Waals surface area contributed by atoms with Gasteiger partial charge in [0, 0.05) is 0 Å². The number of nitrogens with two attached hydrogens (primary N) is 1. The van der Waals surface area contributed by atoms with Crippen LogP contribution in [0.1, 0.15) is 39.8 Å². The maximum atomic E-state index is 10.6. The van der Waals surface area contributed by atoms with Crippen molar-refractivity contribution in [1.82, 2.24) is 0 Å². The van der Waals surface area contributed by atoms with E-state index < -0.39 is 12.1 Å². The summed E-state index contributed by atoms with van der Waals surface area (Å²) in [4.78, 5) is 12.4. The summed E-state index contributed by atoms with van der Waals surface area (Å²) in [5, 5.41) is 17.0. The van der Waals surface area contributed by atoms with Crippen LogP contribution in [0.15, 0.2) is 139 Å². The van der Waals surface area contributed by atoms with Crippen LogP contribution in [0.4, 0.5) is 13.2 Å². The minimum Gasteiger partial charge on any atom is -0.497 e. The molecule has 0 bridgehead atoms. The van der Waals surface area contributed by atoms with Crippen LogP contribution in [0.25, 0.3) is 27.6 Å². The second kappa shape index (κ2) is 20.4. The molecule has 0 atom stereocenters. The molecular weight excluding hydrogens is 720 g/mol. The van der Waals surface area contributed by atoms with Gasteiger partial charge in [0.15, 0.2) is 0 Å². The van der Waals surface area contributed by atoms with Gasteiger partial charge in [-0.25, -0.2) is 14.9 Å². The van der Waals surface area contributed by atoms with Crippen LogP contribution in [-0.2, 0) is 4.79 Å². The highest BCUT2D eigenvalue weighted by Gasteiger charge is 2.38. The normalized spacial score (nSPS) is 11.2. The van der Waals surface area contributed by atoms with Gasteiger partial charge in [0.1, 0.15) is 17.2 Å². The Morgan fingerprint density at radius 3 is 1.59 bits per heavy atom. The molecule has 5 aromatic carbocycles. The first-order valence-corrected chi connectivity index (χ1v) is 17.1. The maximum absolute atomic E-state index is 10.6. The van der Waals surface area contributed by atoms with Gasteiger partial charge in [-0.15, -0.1) is 0 Å². The zero-order valence-electron chi connectivity index (χ0n) is 30.6. The van der Waals surface area contributed by atoms with Crippen molar-refractivity contribution in [1.29, 1.82) is 5.26 Å². The minimum absolute atomic E-state index is 0.0155. The van der Waals surface area contributed by atoms with E-state index in [-0.39, 0.29) is 5.70 Å². The van der Waals surface area contributed by atoms with Gasteiger partial charge in [0.25, 0.3) is 5.70 Å². The van der Waals surface area contributed by atoms with E-state index in [9.17, 15) is 18.4 Å². The van der Waals surface area contributed by atoms with Crippen LogP contribution in [0.3, 0.4) is 0 Å². The molecule has 11 heteroatoms. The van der Waals surface area contributed by atoms with Crippen LogP contribution < -0.4 is 19.9 Å². The van der Waals surface area contributed by atoms with Crippen molar-refractivity contribution in [3.05, 3.63) is 184 Å². The smallest absolute Gasteiger partial charge is 0.490 e. The predicted molar refractivity (Wildman–Crippen MR) is 211 cm³/mol. The van der Waals surface area contributed by atoms with E-state index in [1.807, 2.05) is 103 Å². The Morgan fingerprint density at radius 2 is 1.18 bits per heavy atom. The third-order valence-electron chi connectivity index (χ3n) is 8.21.